The third kappa shape index (κ3) is 4.87. The lowest BCUT2D eigenvalue weighted by Gasteiger charge is -2.23. The fourth-order valence-electron chi connectivity index (χ4n) is 2.29. The van der Waals surface area contributed by atoms with E-state index >= 15 is 0 Å². The molecule has 1 saturated carbocycles. The van der Waals surface area contributed by atoms with Crippen molar-refractivity contribution in [3.05, 3.63) is 23.2 Å². The van der Waals surface area contributed by atoms with E-state index in [4.69, 9.17) is 16.3 Å². The van der Waals surface area contributed by atoms with Crippen molar-refractivity contribution in [3.8, 4) is 5.75 Å². The zero-order valence-electron chi connectivity index (χ0n) is 14.0. The summed E-state index contributed by atoms with van der Waals surface area (Å²) >= 11 is 8.45. The highest BCUT2D eigenvalue weighted by Crippen LogP contribution is 2.31. The van der Waals surface area contributed by atoms with E-state index in [1.54, 1.807) is 18.2 Å². The van der Waals surface area contributed by atoms with Crippen LogP contribution in [0.3, 0.4) is 0 Å². The molecule has 2 amide bonds. The first-order valence-corrected chi connectivity index (χ1v) is 10.1. The minimum absolute atomic E-state index is 0.00487. The molecule has 1 aromatic carbocycles. The molecule has 2 aromatic rings. The van der Waals surface area contributed by atoms with E-state index in [2.05, 4.69) is 20.8 Å². The van der Waals surface area contributed by atoms with Gasteiger partial charge >= 0.3 is 0 Å². The normalized spacial score (nSPS) is 13.8. The number of hydrogen-bond donors (Lipinski definition) is 2. The van der Waals surface area contributed by atoms with Gasteiger partial charge in [0.1, 0.15) is 5.75 Å². The van der Waals surface area contributed by atoms with E-state index in [0.29, 0.717) is 25.9 Å². The third-order valence-electron chi connectivity index (χ3n) is 3.87. The molecule has 7 nitrogen and oxygen atoms in total. The van der Waals surface area contributed by atoms with Crippen LogP contribution < -0.4 is 15.4 Å². The predicted molar refractivity (Wildman–Crippen MR) is 103 cm³/mol. The minimum atomic E-state index is -0.217. The number of amides is 2. The van der Waals surface area contributed by atoms with Gasteiger partial charge in [-0.05, 0) is 31.0 Å². The fraction of sp³-hybridized carbons (Fsp3) is 0.375. The molecular weight excluding hydrogens is 396 g/mol. The lowest BCUT2D eigenvalue weighted by atomic mass is 9.85. The van der Waals surface area contributed by atoms with Crippen LogP contribution in [-0.4, -0.2) is 34.9 Å². The van der Waals surface area contributed by atoms with Crippen LogP contribution in [-0.2, 0) is 9.59 Å². The van der Waals surface area contributed by atoms with Crippen LogP contribution in [0.4, 0.5) is 10.8 Å². The minimum Gasteiger partial charge on any atom is -0.495 e. The Morgan fingerprint density at radius 1 is 1.35 bits per heavy atom. The van der Waals surface area contributed by atoms with Gasteiger partial charge in [0.05, 0.1) is 18.6 Å². The maximum absolute atomic E-state index is 12.1. The van der Waals surface area contributed by atoms with Crippen molar-refractivity contribution >= 4 is 57.3 Å². The highest BCUT2D eigenvalue weighted by molar-refractivity contribution is 8.01. The van der Waals surface area contributed by atoms with Crippen molar-refractivity contribution in [2.45, 2.75) is 23.6 Å². The van der Waals surface area contributed by atoms with Gasteiger partial charge in [-0.25, -0.2) is 0 Å². The number of hydrogen-bond acceptors (Lipinski definition) is 7. The highest BCUT2D eigenvalue weighted by Gasteiger charge is 2.26. The van der Waals surface area contributed by atoms with E-state index in [1.165, 1.54) is 30.2 Å². The number of methoxy groups -OCH3 is 1. The summed E-state index contributed by atoms with van der Waals surface area (Å²) in [6.07, 6.45) is 2.96. The van der Waals surface area contributed by atoms with Gasteiger partial charge in [0.2, 0.25) is 16.9 Å². The lowest BCUT2D eigenvalue weighted by molar-refractivity contribution is -0.122. The zero-order valence-corrected chi connectivity index (χ0v) is 16.3. The van der Waals surface area contributed by atoms with E-state index in [0.717, 1.165) is 19.3 Å². The van der Waals surface area contributed by atoms with Crippen LogP contribution in [0.25, 0.3) is 0 Å². The van der Waals surface area contributed by atoms with Crippen molar-refractivity contribution < 1.29 is 14.3 Å². The predicted octanol–water partition coefficient (Wildman–Crippen LogP) is 3.67. The van der Waals surface area contributed by atoms with Crippen LogP contribution in [0.15, 0.2) is 22.5 Å². The molecule has 138 valence electrons. The van der Waals surface area contributed by atoms with Crippen molar-refractivity contribution in [3.63, 3.8) is 0 Å². The highest BCUT2D eigenvalue weighted by atomic mass is 35.5. The summed E-state index contributed by atoms with van der Waals surface area (Å²) < 4.78 is 5.81. The first-order valence-electron chi connectivity index (χ1n) is 7.95. The summed E-state index contributed by atoms with van der Waals surface area (Å²) in [6.45, 7) is 0. The summed E-state index contributed by atoms with van der Waals surface area (Å²) in [5.74, 6) is 0.555. The summed E-state index contributed by atoms with van der Waals surface area (Å²) in [5.41, 5.74) is 0.510. The molecular formula is C16H17ClN4O3S2. The topological polar surface area (TPSA) is 93.2 Å². The van der Waals surface area contributed by atoms with Gasteiger partial charge in [-0.15, -0.1) is 10.2 Å². The Bertz CT molecular complexity index is 811. The van der Waals surface area contributed by atoms with Crippen molar-refractivity contribution in [2.24, 2.45) is 5.92 Å². The lowest BCUT2D eigenvalue weighted by Crippen LogP contribution is -2.27. The maximum atomic E-state index is 12.1. The molecule has 0 atom stereocenters. The number of ether oxygens (including phenoxy) is 1. The molecule has 26 heavy (non-hydrogen) atoms. The Morgan fingerprint density at radius 3 is 2.85 bits per heavy atom. The SMILES string of the molecule is COc1ccc(Cl)cc1NC(=O)CSc1nnc(NC(=O)C2CCC2)s1. The Hall–Kier alpha value is -1.84. The van der Waals surface area contributed by atoms with Crippen molar-refractivity contribution in [1.29, 1.82) is 0 Å². The number of benzene rings is 1. The molecule has 0 unspecified atom stereocenters. The fourth-order valence-corrected chi connectivity index (χ4v) is 4.01. The number of halogens is 1. The molecule has 1 aromatic heterocycles. The zero-order chi connectivity index (χ0) is 18.5. The van der Waals surface area contributed by atoms with Crippen LogP contribution in [0.1, 0.15) is 19.3 Å². The van der Waals surface area contributed by atoms with Gasteiger partial charge in [0.25, 0.3) is 0 Å². The molecule has 0 radical (unpaired) electrons. The van der Waals surface area contributed by atoms with Crippen molar-refractivity contribution in [2.75, 3.05) is 23.5 Å². The average molecular weight is 413 g/mol. The van der Waals surface area contributed by atoms with Gasteiger partial charge < -0.3 is 15.4 Å². The maximum Gasteiger partial charge on any atom is 0.234 e. The van der Waals surface area contributed by atoms with Gasteiger partial charge in [0, 0.05) is 10.9 Å². The smallest absolute Gasteiger partial charge is 0.234 e. The second kappa shape index (κ2) is 8.70. The summed E-state index contributed by atoms with van der Waals surface area (Å²) in [4.78, 5) is 24.0. The van der Waals surface area contributed by atoms with Crippen LogP contribution in [0.5, 0.6) is 5.75 Å². The van der Waals surface area contributed by atoms with Gasteiger partial charge in [0.15, 0.2) is 4.34 Å². The van der Waals surface area contributed by atoms with Crippen LogP contribution in [0, 0.1) is 5.92 Å². The summed E-state index contributed by atoms with van der Waals surface area (Å²) in [7, 11) is 1.52. The number of carbonyl (C=O) groups is 2. The Morgan fingerprint density at radius 2 is 2.15 bits per heavy atom. The molecule has 10 heteroatoms. The first kappa shape index (κ1) is 18.9. The summed E-state index contributed by atoms with van der Waals surface area (Å²) in [6, 6.07) is 5.00. The molecule has 0 saturated heterocycles. The summed E-state index contributed by atoms with van der Waals surface area (Å²) in [5, 5.41) is 14.4. The van der Waals surface area contributed by atoms with E-state index in [9.17, 15) is 9.59 Å². The number of aromatic nitrogens is 2. The first-order chi connectivity index (χ1) is 12.5. The molecule has 1 heterocycles. The molecule has 3 rings (SSSR count). The van der Waals surface area contributed by atoms with Gasteiger partial charge in [-0.2, -0.15) is 0 Å². The number of carbonyl (C=O) groups excluding carboxylic acids is 2. The molecule has 0 spiro atoms. The molecule has 0 bridgehead atoms. The number of thioether (sulfide) groups is 1. The number of rotatable bonds is 7. The van der Waals surface area contributed by atoms with E-state index < -0.39 is 0 Å². The molecule has 0 aliphatic heterocycles. The van der Waals surface area contributed by atoms with Crippen LogP contribution in [0.2, 0.25) is 5.02 Å². The largest absolute Gasteiger partial charge is 0.495 e. The second-order valence-corrected chi connectivity index (χ2v) is 8.31. The molecule has 1 aliphatic carbocycles. The van der Waals surface area contributed by atoms with Gasteiger partial charge in [-0.3, -0.25) is 9.59 Å². The Balaban J connectivity index is 1.50. The molecule has 1 fully saturated rings. The number of nitrogens with zero attached hydrogens (tertiary/aromatic N) is 2. The van der Waals surface area contributed by atoms with Crippen molar-refractivity contribution in [1.82, 2.24) is 10.2 Å². The molecule has 1 aliphatic rings. The van der Waals surface area contributed by atoms with Crippen LogP contribution >= 0.6 is 34.7 Å². The monoisotopic (exact) mass is 412 g/mol. The number of nitrogens with one attached hydrogen (secondary N) is 2. The second-order valence-electron chi connectivity index (χ2n) is 5.67. The Labute approximate surface area is 163 Å². The average Bonchev–Trinajstić information content (AvgIpc) is 2.99. The van der Waals surface area contributed by atoms with E-state index in [-0.39, 0.29) is 23.5 Å². The van der Waals surface area contributed by atoms with Gasteiger partial charge in [-0.1, -0.05) is 41.1 Å². The third-order valence-corrected chi connectivity index (χ3v) is 6.08. The standard InChI is InChI=1S/C16H17ClN4O3S2/c1-24-12-6-5-10(17)7-11(12)18-13(22)8-25-16-21-20-15(26-16)19-14(23)9-3-2-4-9/h5-7,9H,2-4,8H2,1H3,(H,18,22)(H,19,20,23). The Kier molecular flexibility index (Phi) is 6.33. The quantitative estimate of drug-likeness (QED) is 0.532. The number of anilines is 2. The molecule has 2 N–H and O–H groups in total. The van der Waals surface area contributed by atoms with E-state index in [1.807, 2.05) is 0 Å².